The number of hydrogen-bond acceptors (Lipinski definition) is 7. The Kier molecular flexibility index (Phi) is 9.73. The van der Waals surface area contributed by atoms with Gasteiger partial charge in [-0.25, -0.2) is 4.79 Å². The predicted molar refractivity (Wildman–Crippen MR) is 136 cm³/mol. The summed E-state index contributed by atoms with van der Waals surface area (Å²) in [5.74, 6) is -2.37. The zero-order chi connectivity index (χ0) is 26.2. The molecule has 0 bridgehead atoms. The van der Waals surface area contributed by atoms with Crippen molar-refractivity contribution in [3.8, 4) is 0 Å². The van der Waals surface area contributed by atoms with Crippen molar-refractivity contribution in [2.75, 3.05) is 25.2 Å². The third kappa shape index (κ3) is 6.56. The molecule has 0 aliphatic carbocycles. The molecule has 4 unspecified atom stereocenters. The number of amides is 3. The van der Waals surface area contributed by atoms with Crippen molar-refractivity contribution < 1.29 is 29.4 Å². The number of carbonyl (C=O) groups is 4. The maximum atomic E-state index is 13.2. The molecule has 11 nitrogen and oxygen atoms in total. The number of H-pyrrole nitrogens is 1. The standard InChI is InChI=1S/C24H33N5O6S/c1-36-10-8-18(21(31)28-19(13-30)24(34)35)27-22(32)20-7-4-9-29(20)23(33)16(25)11-14-12-26-17-6-3-2-5-15(14)17/h2-3,5-6,12,16,18-20,26,30H,4,7-11,13,25H2,1H3,(H,27,32)(H,28,31)(H,34,35). The number of aliphatic carboxylic acids is 1. The first-order valence-corrected chi connectivity index (χ1v) is 13.2. The van der Waals surface area contributed by atoms with E-state index in [0.29, 0.717) is 31.6 Å². The highest BCUT2D eigenvalue weighted by Crippen LogP contribution is 2.22. The molecule has 1 aromatic carbocycles. The molecule has 1 aromatic heterocycles. The minimum Gasteiger partial charge on any atom is -0.480 e. The van der Waals surface area contributed by atoms with Gasteiger partial charge in [-0.05, 0) is 49.3 Å². The number of aliphatic hydroxyl groups is 1. The first-order chi connectivity index (χ1) is 17.3. The fraction of sp³-hybridized carbons (Fsp3) is 0.500. The smallest absolute Gasteiger partial charge is 0.328 e. The molecule has 2 heterocycles. The number of fused-ring (bicyclic) bond motifs is 1. The van der Waals surface area contributed by atoms with Crippen LogP contribution in [0.5, 0.6) is 0 Å². The maximum absolute atomic E-state index is 13.2. The number of aromatic nitrogens is 1. The van der Waals surface area contributed by atoms with E-state index in [1.165, 1.54) is 16.7 Å². The lowest BCUT2D eigenvalue weighted by Crippen LogP contribution is -2.57. The highest BCUT2D eigenvalue weighted by atomic mass is 32.2. The average Bonchev–Trinajstić information content (AvgIpc) is 3.52. The number of likely N-dealkylation sites (tertiary alicyclic amines) is 1. The van der Waals surface area contributed by atoms with Crippen LogP contribution in [0.25, 0.3) is 10.9 Å². The highest BCUT2D eigenvalue weighted by Gasteiger charge is 2.38. The summed E-state index contributed by atoms with van der Waals surface area (Å²) < 4.78 is 0. The van der Waals surface area contributed by atoms with Gasteiger partial charge in [0, 0.05) is 23.6 Å². The summed E-state index contributed by atoms with van der Waals surface area (Å²) in [5.41, 5.74) is 8.14. The average molecular weight is 520 g/mol. The van der Waals surface area contributed by atoms with Gasteiger partial charge >= 0.3 is 5.97 Å². The number of aliphatic hydroxyl groups excluding tert-OH is 1. The summed E-state index contributed by atoms with van der Waals surface area (Å²) in [4.78, 5) is 54.8. The van der Waals surface area contributed by atoms with E-state index in [1.807, 2.05) is 36.7 Å². The predicted octanol–water partition coefficient (Wildman–Crippen LogP) is -0.172. The first-order valence-electron chi connectivity index (χ1n) is 11.8. The van der Waals surface area contributed by atoms with Crippen LogP contribution in [0.3, 0.4) is 0 Å². The van der Waals surface area contributed by atoms with Crippen LogP contribution in [0.4, 0.5) is 0 Å². The number of para-hydroxylation sites is 1. The molecule has 0 radical (unpaired) electrons. The Hall–Kier alpha value is -3.09. The second-order valence-corrected chi connectivity index (χ2v) is 9.77. The Labute approximate surface area is 213 Å². The monoisotopic (exact) mass is 519 g/mol. The van der Waals surface area contributed by atoms with Crippen LogP contribution in [-0.2, 0) is 25.6 Å². The summed E-state index contributed by atoms with van der Waals surface area (Å²) >= 11 is 1.47. The molecular weight excluding hydrogens is 486 g/mol. The summed E-state index contributed by atoms with van der Waals surface area (Å²) in [6.07, 6.45) is 5.30. The SMILES string of the molecule is CSCCC(NC(=O)C1CCCN1C(=O)C(N)Cc1c[nH]c2ccccc12)C(=O)NC(CO)C(=O)O. The van der Waals surface area contributed by atoms with Gasteiger partial charge in [-0.15, -0.1) is 0 Å². The Bertz CT molecular complexity index is 1090. The second-order valence-electron chi connectivity index (χ2n) is 8.78. The van der Waals surface area contributed by atoms with Crippen molar-refractivity contribution in [1.82, 2.24) is 20.5 Å². The van der Waals surface area contributed by atoms with Crippen LogP contribution < -0.4 is 16.4 Å². The van der Waals surface area contributed by atoms with Crippen LogP contribution in [0, 0.1) is 0 Å². The number of carboxylic acid groups (broad SMARTS) is 1. The Morgan fingerprint density at radius 3 is 2.67 bits per heavy atom. The van der Waals surface area contributed by atoms with Crippen LogP contribution in [0.15, 0.2) is 30.5 Å². The molecule has 0 spiro atoms. The summed E-state index contributed by atoms with van der Waals surface area (Å²) in [7, 11) is 0. The third-order valence-corrected chi connectivity index (χ3v) is 6.96. The zero-order valence-corrected chi connectivity index (χ0v) is 20.9. The minimum absolute atomic E-state index is 0.261. The number of carbonyl (C=O) groups excluding carboxylic acids is 3. The number of hydrogen-bond donors (Lipinski definition) is 6. The van der Waals surface area contributed by atoms with E-state index < -0.39 is 48.6 Å². The number of carboxylic acids is 1. The Morgan fingerprint density at radius 1 is 1.22 bits per heavy atom. The van der Waals surface area contributed by atoms with Gasteiger partial charge < -0.3 is 36.5 Å². The van der Waals surface area contributed by atoms with Gasteiger partial charge in [0.2, 0.25) is 17.7 Å². The number of thioether (sulfide) groups is 1. The molecule has 1 fully saturated rings. The fourth-order valence-electron chi connectivity index (χ4n) is 4.37. The van der Waals surface area contributed by atoms with E-state index in [-0.39, 0.29) is 12.3 Å². The molecule has 4 atom stereocenters. The number of rotatable bonds is 12. The van der Waals surface area contributed by atoms with Crippen LogP contribution in [0.2, 0.25) is 0 Å². The molecule has 12 heteroatoms. The highest BCUT2D eigenvalue weighted by molar-refractivity contribution is 7.98. The van der Waals surface area contributed by atoms with E-state index in [2.05, 4.69) is 15.6 Å². The van der Waals surface area contributed by atoms with E-state index in [9.17, 15) is 24.3 Å². The van der Waals surface area contributed by atoms with E-state index in [1.54, 1.807) is 0 Å². The van der Waals surface area contributed by atoms with Crippen molar-refractivity contribution in [3.05, 3.63) is 36.0 Å². The van der Waals surface area contributed by atoms with Crippen LogP contribution in [0.1, 0.15) is 24.8 Å². The van der Waals surface area contributed by atoms with Crippen molar-refractivity contribution in [1.29, 1.82) is 0 Å². The Balaban J connectivity index is 1.66. The molecule has 196 valence electrons. The van der Waals surface area contributed by atoms with Crippen molar-refractivity contribution in [3.63, 3.8) is 0 Å². The molecule has 0 saturated carbocycles. The Morgan fingerprint density at radius 2 is 1.97 bits per heavy atom. The molecule has 3 rings (SSSR count). The molecule has 1 aliphatic rings. The van der Waals surface area contributed by atoms with Gasteiger partial charge in [0.05, 0.1) is 12.6 Å². The minimum atomic E-state index is -1.47. The zero-order valence-electron chi connectivity index (χ0n) is 20.1. The molecule has 7 N–H and O–H groups in total. The van der Waals surface area contributed by atoms with Gasteiger partial charge in [-0.1, -0.05) is 18.2 Å². The summed E-state index contributed by atoms with van der Waals surface area (Å²) in [6, 6.07) is 3.63. The maximum Gasteiger partial charge on any atom is 0.328 e. The molecule has 2 aromatic rings. The molecule has 36 heavy (non-hydrogen) atoms. The number of aromatic amines is 1. The molecule has 1 aliphatic heterocycles. The van der Waals surface area contributed by atoms with Crippen molar-refractivity contribution >= 4 is 46.4 Å². The van der Waals surface area contributed by atoms with Gasteiger partial charge in [0.25, 0.3) is 0 Å². The largest absolute Gasteiger partial charge is 0.480 e. The molecule has 3 amide bonds. The lowest BCUT2D eigenvalue weighted by Gasteiger charge is -2.28. The molecule has 1 saturated heterocycles. The number of nitrogens with one attached hydrogen (secondary N) is 3. The van der Waals surface area contributed by atoms with E-state index in [4.69, 9.17) is 10.8 Å². The van der Waals surface area contributed by atoms with Gasteiger partial charge in [0.1, 0.15) is 18.1 Å². The molecular formula is C24H33N5O6S. The third-order valence-electron chi connectivity index (χ3n) is 6.31. The topological polar surface area (TPSA) is 178 Å². The van der Waals surface area contributed by atoms with Gasteiger partial charge in [-0.2, -0.15) is 11.8 Å². The fourth-order valence-corrected chi connectivity index (χ4v) is 4.84. The van der Waals surface area contributed by atoms with E-state index in [0.717, 1.165) is 16.5 Å². The normalized spacial score (nSPS) is 18.0. The number of nitrogens with two attached hydrogens (primary N) is 1. The van der Waals surface area contributed by atoms with Crippen LogP contribution >= 0.6 is 11.8 Å². The van der Waals surface area contributed by atoms with Crippen molar-refractivity contribution in [2.24, 2.45) is 5.73 Å². The van der Waals surface area contributed by atoms with E-state index >= 15 is 0 Å². The quantitative estimate of drug-likeness (QED) is 0.224. The van der Waals surface area contributed by atoms with Gasteiger partial charge in [-0.3, -0.25) is 14.4 Å². The summed E-state index contributed by atoms with van der Waals surface area (Å²) in [6.45, 7) is -0.394. The second kappa shape index (κ2) is 12.7. The van der Waals surface area contributed by atoms with Crippen molar-refractivity contribution in [2.45, 2.75) is 49.9 Å². The lowest BCUT2D eigenvalue weighted by atomic mass is 10.0. The number of nitrogens with zero attached hydrogens (tertiary/aromatic N) is 1. The van der Waals surface area contributed by atoms with Crippen LogP contribution in [-0.4, -0.2) is 93.1 Å². The summed E-state index contributed by atoms with van der Waals surface area (Å²) in [5, 5.41) is 24.2. The number of benzene rings is 1. The van der Waals surface area contributed by atoms with Gasteiger partial charge in [0.15, 0.2) is 0 Å². The lowest BCUT2D eigenvalue weighted by molar-refractivity contribution is -0.144. The first kappa shape index (κ1) is 27.5.